The van der Waals surface area contributed by atoms with Crippen molar-refractivity contribution in [3.8, 4) is 0 Å². The van der Waals surface area contributed by atoms with Crippen LogP contribution in [0.5, 0.6) is 0 Å². The van der Waals surface area contributed by atoms with Crippen molar-refractivity contribution < 1.29 is 4.79 Å². The van der Waals surface area contributed by atoms with Crippen LogP contribution in [0.2, 0.25) is 0 Å². The number of imidazole rings is 1. The molecule has 8 nitrogen and oxygen atoms in total. The van der Waals surface area contributed by atoms with E-state index in [9.17, 15) is 4.79 Å². The molecule has 0 aliphatic rings. The molecule has 0 fully saturated rings. The third kappa shape index (κ3) is 3.58. The fourth-order valence-electron chi connectivity index (χ4n) is 2.58. The number of tetrazole rings is 1. The number of carbonyl (C=O) groups is 1. The Morgan fingerprint density at radius 2 is 2.21 bits per heavy atom. The van der Waals surface area contributed by atoms with Crippen LogP contribution in [0.1, 0.15) is 38.6 Å². The number of H-pyrrole nitrogens is 1. The summed E-state index contributed by atoms with van der Waals surface area (Å²) in [4.78, 5) is 20.3. The van der Waals surface area contributed by atoms with Gasteiger partial charge in [-0.3, -0.25) is 4.79 Å². The molecule has 2 unspecified atom stereocenters. The average molecular weight is 327 g/mol. The highest BCUT2D eigenvalue weighted by molar-refractivity contribution is 5.77. The van der Waals surface area contributed by atoms with E-state index in [0.29, 0.717) is 13.0 Å². The van der Waals surface area contributed by atoms with Crippen LogP contribution in [-0.2, 0) is 11.3 Å². The minimum atomic E-state index is -0.149. The Morgan fingerprint density at radius 3 is 2.92 bits per heavy atom. The van der Waals surface area contributed by atoms with Gasteiger partial charge < -0.3 is 10.3 Å². The average Bonchev–Trinajstić information content (AvgIpc) is 3.26. The lowest BCUT2D eigenvalue weighted by atomic mass is 9.98. The van der Waals surface area contributed by atoms with Gasteiger partial charge in [-0.15, -0.1) is 5.10 Å². The van der Waals surface area contributed by atoms with Crippen molar-refractivity contribution in [2.45, 2.75) is 39.3 Å². The number of aryl methyl sites for hydroxylation is 1. The number of benzene rings is 1. The minimum Gasteiger partial charge on any atom is -0.346 e. The molecule has 1 aromatic carbocycles. The number of aromatic amines is 1. The smallest absolute Gasteiger partial charge is 0.222 e. The van der Waals surface area contributed by atoms with Crippen LogP contribution in [0.3, 0.4) is 0 Å². The molecule has 2 aromatic heterocycles. The number of aromatic nitrogens is 6. The predicted molar refractivity (Wildman–Crippen MR) is 88.9 cm³/mol. The van der Waals surface area contributed by atoms with Gasteiger partial charge in [-0.1, -0.05) is 32.4 Å². The second-order valence-electron chi connectivity index (χ2n) is 5.89. The molecule has 0 aliphatic heterocycles. The van der Waals surface area contributed by atoms with Gasteiger partial charge in [-0.2, -0.15) is 0 Å². The Balaban J connectivity index is 1.72. The SMILES string of the molecule is CCC(C)C(NC(=O)CCn1cnnn1)c1nc2ccccc2[nH]1. The Morgan fingerprint density at radius 1 is 1.38 bits per heavy atom. The molecule has 0 radical (unpaired) electrons. The van der Waals surface area contributed by atoms with Crippen molar-refractivity contribution in [2.75, 3.05) is 0 Å². The maximum Gasteiger partial charge on any atom is 0.222 e. The molecule has 0 spiro atoms. The molecule has 2 atom stereocenters. The van der Waals surface area contributed by atoms with Gasteiger partial charge in [0, 0.05) is 6.42 Å². The highest BCUT2D eigenvalue weighted by Gasteiger charge is 2.23. The molecule has 3 aromatic rings. The molecule has 0 saturated heterocycles. The van der Waals surface area contributed by atoms with Crippen LogP contribution in [0.15, 0.2) is 30.6 Å². The quantitative estimate of drug-likeness (QED) is 0.689. The van der Waals surface area contributed by atoms with Gasteiger partial charge in [0.1, 0.15) is 12.2 Å². The van der Waals surface area contributed by atoms with E-state index >= 15 is 0 Å². The summed E-state index contributed by atoms with van der Waals surface area (Å²) in [7, 11) is 0. The number of para-hydroxylation sites is 2. The van der Waals surface area contributed by atoms with E-state index in [0.717, 1.165) is 23.3 Å². The zero-order valence-corrected chi connectivity index (χ0v) is 13.8. The molecule has 8 heteroatoms. The van der Waals surface area contributed by atoms with Crippen molar-refractivity contribution >= 4 is 16.9 Å². The lowest BCUT2D eigenvalue weighted by Crippen LogP contribution is -2.33. The highest BCUT2D eigenvalue weighted by Crippen LogP contribution is 2.24. The molecule has 126 valence electrons. The van der Waals surface area contributed by atoms with Crippen LogP contribution in [-0.4, -0.2) is 36.1 Å². The summed E-state index contributed by atoms with van der Waals surface area (Å²) >= 11 is 0. The summed E-state index contributed by atoms with van der Waals surface area (Å²) in [5, 5.41) is 14.0. The predicted octanol–water partition coefficient (Wildman–Crippen LogP) is 1.84. The Kier molecular flexibility index (Phi) is 4.83. The van der Waals surface area contributed by atoms with Gasteiger partial charge >= 0.3 is 0 Å². The highest BCUT2D eigenvalue weighted by atomic mass is 16.1. The first-order chi connectivity index (χ1) is 11.7. The summed E-state index contributed by atoms with van der Waals surface area (Å²) in [5.41, 5.74) is 1.88. The van der Waals surface area contributed by atoms with Crippen LogP contribution in [0.4, 0.5) is 0 Å². The van der Waals surface area contributed by atoms with E-state index in [-0.39, 0.29) is 17.9 Å². The van der Waals surface area contributed by atoms with Crippen molar-refractivity contribution in [1.82, 2.24) is 35.5 Å². The summed E-state index contributed by atoms with van der Waals surface area (Å²) in [6, 6.07) is 7.72. The molecule has 24 heavy (non-hydrogen) atoms. The van der Waals surface area contributed by atoms with Gasteiger partial charge in [0.25, 0.3) is 0 Å². The summed E-state index contributed by atoms with van der Waals surface area (Å²) in [6.07, 6.45) is 2.76. The van der Waals surface area contributed by atoms with E-state index in [4.69, 9.17) is 0 Å². The molecule has 0 bridgehead atoms. The summed E-state index contributed by atoms with van der Waals surface area (Å²) in [6.45, 7) is 4.67. The third-order valence-electron chi connectivity index (χ3n) is 4.19. The zero-order valence-electron chi connectivity index (χ0n) is 13.8. The zero-order chi connectivity index (χ0) is 16.9. The van der Waals surface area contributed by atoms with E-state index in [1.165, 1.54) is 6.33 Å². The molecule has 2 N–H and O–H groups in total. The monoisotopic (exact) mass is 327 g/mol. The largest absolute Gasteiger partial charge is 0.346 e. The van der Waals surface area contributed by atoms with Crippen LogP contribution < -0.4 is 5.32 Å². The van der Waals surface area contributed by atoms with Crippen molar-refractivity contribution in [3.63, 3.8) is 0 Å². The molecule has 2 heterocycles. The molecule has 3 rings (SSSR count). The number of amides is 1. The summed E-state index contributed by atoms with van der Waals surface area (Å²) < 4.78 is 1.54. The topological polar surface area (TPSA) is 101 Å². The van der Waals surface area contributed by atoms with Gasteiger partial charge in [0.2, 0.25) is 5.91 Å². The number of carbonyl (C=O) groups excluding carboxylic acids is 1. The third-order valence-corrected chi connectivity index (χ3v) is 4.19. The van der Waals surface area contributed by atoms with Gasteiger partial charge in [-0.25, -0.2) is 9.67 Å². The molecular weight excluding hydrogens is 306 g/mol. The fourth-order valence-corrected chi connectivity index (χ4v) is 2.58. The van der Waals surface area contributed by atoms with E-state index in [1.807, 2.05) is 24.3 Å². The minimum absolute atomic E-state index is 0.0451. The number of hydrogen-bond acceptors (Lipinski definition) is 5. The van der Waals surface area contributed by atoms with Crippen molar-refractivity contribution in [2.24, 2.45) is 5.92 Å². The first-order valence-electron chi connectivity index (χ1n) is 8.12. The van der Waals surface area contributed by atoms with Crippen LogP contribution in [0, 0.1) is 5.92 Å². The molecule has 0 saturated carbocycles. The van der Waals surface area contributed by atoms with Gasteiger partial charge in [0.05, 0.1) is 23.6 Å². The standard InChI is InChI=1S/C16H21N7O/c1-3-11(2)15(16-18-12-6-4-5-7-13(12)19-16)20-14(24)8-9-23-10-17-21-22-23/h4-7,10-11,15H,3,8-9H2,1-2H3,(H,18,19)(H,20,24). The Hall–Kier alpha value is -2.77. The maximum atomic E-state index is 12.3. The number of fused-ring (bicyclic) bond motifs is 1. The van der Waals surface area contributed by atoms with Gasteiger partial charge in [-0.05, 0) is 28.5 Å². The fraction of sp³-hybridized carbons (Fsp3) is 0.438. The number of nitrogens with zero attached hydrogens (tertiary/aromatic N) is 5. The van der Waals surface area contributed by atoms with Crippen LogP contribution >= 0.6 is 0 Å². The molecule has 0 aliphatic carbocycles. The first kappa shape index (κ1) is 16.1. The molecular formula is C16H21N7O. The van der Waals surface area contributed by atoms with Crippen LogP contribution in [0.25, 0.3) is 11.0 Å². The van der Waals surface area contributed by atoms with Crippen molar-refractivity contribution in [1.29, 1.82) is 0 Å². The maximum absolute atomic E-state index is 12.3. The van der Waals surface area contributed by atoms with E-state index in [2.05, 4.69) is 44.7 Å². The summed E-state index contributed by atoms with van der Waals surface area (Å²) in [5.74, 6) is 1.01. The van der Waals surface area contributed by atoms with E-state index in [1.54, 1.807) is 4.68 Å². The molecule has 1 amide bonds. The number of nitrogens with one attached hydrogen (secondary N) is 2. The Labute approximate surface area is 139 Å². The van der Waals surface area contributed by atoms with E-state index < -0.39 is 0 Å². The van der Waals surface area contributed by atoms with Crippen molar-refractivity contribution in [3.05, 3.63) is 36.4 Å². The Bertz CT molecular complexity index is 763. The number of rotatable bonds is 7. The van der Waals surface area contributed by atoms with Gasteiger partial charge in [0.15, 0.2) is 0 Å². The number of hydrogen-bond donors (Lipinski definition) is 2. The second-order valence-corrected chi connectivity index (χ2v) is 5.89. The lowest BCUT2D eigenvalue weighted by molar-refractivity contribution is -0.122. The second kappa shape index (κ2) is 7.20. The lowest BCUT2D eigenvalue weighted by Gasteiger charge is -2.22. The first-order valence-corrected chi connectivity index (χ1v) is 8.12. The normalized spacial score (nSPS) is 13.8.